The van der Waals surface area contributed by atoms with Gasteiger partial charge in [0.1, 0.15) is 11.5 Å². The standard InChI is InChI=1S/C15H19N3O2S.ClH/c1-10-4-5-12(20-10)14-17-11(8-21-14)13(19)18-15(9-16)6-2-3-7-15;/h4-5,8H,2-3,6-7,9,16H2,1H3,(H,18,19);1H. The SMILES string of the molecule is Cc1ccc(-c2nc(C(=O)NC3(CN)CCCC3)cs2)o1.Cl. The summed E-state index contributed by atoms with van der Waals surface area (Å²) >= 11 is 1.41. The lowest BCUT2D eigenvalue weighted by Gasteiger charge is -2.28. The first-order valence-electron chi connectivity index (χ1n) is 7.17. The number of hydrogen-bond acceptors (Lipinski definition) is 5. The molecule has 0 bridgehead atoms. The number of rotatable bonds is 4. The number of amides is 1. The second kappa shape index (κ2) is 6.81. The van der Waals surface area contributed by atoms with Gasteiger partial charge in [0.05, 0.1) is 5.54 Å². The molecule has 3 rings (SSSR count). The van der Waals surface area contributed by atoms with Crippen LogP contribution in [0.4, 0.5) is 0 Å². The minimum absolute atomic E-state index is 0. The number of furan rings is 1. The Kier molecular flexibility index (Phi) is 5.26. The molecule has 1 aliphatic rings. The van der Waals surface area contributed by atoms with E-state index in [-0.39, 0.29) is 23.9 Å². The summed E-state index contributed by atoms with van der Waals surface area (Å²) < 4.78 is 5.53. The van der Waals surface area contributed by atoms with Crippen molar-refractivity contribution < 1.29 is 9.21 Å². The van der Waals surface area contributed by atoms with Gasteiger partial charge in [0.2, 0.25) is 0 Å². The number of aromatic nitrogens is 1. The summed E-state index contributed by atoms with van der Waals surface area (Å²) in [5, 5.41) is 5.57. The molecule has 0 radical (unpaired) electrons. The van der Waals surface area contributed by atoms with Crippen LogP contribution in [0, 0.1) is 6.92 Å². The van der Waals surface area contributed by atoms with E-state index in [9.17, 15) is 4.79 Å². The van der Waals surface area contributed by atoms with Crippen molar-refractivity contribution in [2.45, 2.75) is 38.1 Å². The molecule has 22 heavy (non-hydrogen) atoms. The molecule has 1 aliphatic carbocycles. The number of carbonyl (C=O) groups excluding carboxylic acids is 1. The van der Waals surface area contributed by atoms with Crippen LogP contribution in [0.1, 0.15) is 41.9 Å². The Hall–Kier alpha value is -1.37. The molecule has 2 aromatic rings. The zero-order valence-corrected chi connectivity index (χ0v) is 14.1. The van der Waals surface area contributed by atoms with Crippen LogP contribution in [0.2, 0.25) is 0 Å². The molecule has 1 fully saturated rings. The number of aryl methyl sites for hydroxylation is 1. The summed E-state index contributed by atoms with van der Waals surface area (Å²) in [4.78, 5) is 16.7. The Morgan fingerprint density at radius 1 is 1.45 bits per heavy atom. The average Bonchev–Trinajstić information content (AvgIpc) is 3.18. The Labute approximate surface area is 139 Å². The molecule has 2 aromatic heterocycles. The minimum atomic E-state index is -0.248. The highest BCUT2D eigenvalue weighted by atomic mass is 35.5. The van der Waals surface area contributed by atoms with E-state index in [2.05, 4.69) is 10.3 Å². The first-order valence-corrected chi connectivity index (χ1v) is 8.05. The van der Waals surface area contributed by atoms with Gasteiger partial charge in [0.25, 0.3) is 5.91 Å². The predicted octanol–water partition coefficient (Wildman–Crippen LogP) is 3.13. The Balaban J connectivity index is 0.00000176. The second-order valence-electron chi connectivity index (χ2n) is 5.59. The van der Waals surface area contributed by atoms with Gasteiger partial charge in [-0.2, -0.15) is 0 Å². The third-order valence-electron chi connectivity index (χ3n) is 4.02. The lowest BCUT2D eigenvalue weighted by molar-refractivity contribution is 0.0898. The van der Waals surface area contributed by atoms with Gasteiger partial charge in [0, 0.05) is 11.9 Å². The number of nitrogens with one attached hydrogen (secondary N) is 1. The first kappa shape index (κ1) is 17.0. The van der Waals surface area contributed by atoms with Crippen LogP contribution in [-0.2, 0) is 0 Å². The van der Waals surface area contributed by atoms with Gasteiger partial charge in [-0.15, -0.1) is 23.7 Å². The van der Waals surface area contributed by atoms with Gasteiger partial charge >= 0.3 is 0 Å². The van der Waals surface area contributed by atoms with Crippen LogP contribution in [0.25, 0.3) is 10.8 Å². The van der Waals surface area contributed by atoms with Crippen molar-refractivity contribution in [2.24, 2.45) is 5.73 Å². The second-order valence-corrected chi connectivity index (χ2v) is 6.45. The topological polar surface area (TPSA) is 81.2 Å². The highest BCUT2D eigenvalue weighted by molar-refractivity contribution is 7.13. The van der Waals surface area contributed by atoms with E-state index in [4.69, 9.17) is 10.2 Å². The molecule has 1 amide bonds. The van der Waals surface area contributed by atoms with Gasteiger partial charge in [-0.05, 0) is 31.9 Å². The molecule has 0 saturated heterocycles. The largest absolute Gasteiger partial charge is 0.459 e. The Bertz CT molecular complexity index is 647. The Morgan fingerprint density at radius 2 is 2.18 bits per heavy atom. The highest BCUT2D eigenvalue weighted by Crippen LogP contribution is 2.30. The molecule has 5 nitrogen and oxygen atoms in total. The predicted molar refractivity (Wildman–Crippen MR) is 89.5 cm³/mol. The number of halogens is 1. The number of nitrogens with zero attached hydrogens (tertiary/aromatic N) is 1. The third kappa shape index (κ3) is 3.34. The highest BCUT2D eigenvalue weighted by Gasteiger charge is 2.34. The van der Waals surface area contributed by atoms with Crippen LogP contribution in [0.15, 0.2) is 21.9 Å². The zero-order chi connectivity index (χ0) is 14.9. The molecule has 7 heteroatoms. The third-order valence-corrected chi connectivity index (χ3v) is 4.87. The zero-order valence-electron chi connectivity index (χ0n) is 12.4. The van der Waals surface area contributed by atoms with E-state index < -0.39 is 0 Å². The maximum Gasteiger partial charge on any atom is 0.271 e. The van der Waals surface area contributed by atoms with Crippen LogP contribution in [0.3, 0.4) is 0 Å². The summed E-state index contributed by atoms with van der Waals surface area (Å²) in [6.45, 7) is 2.36. The van der Waals surface area contributed by atoms with Gasteiger partial charge in [-0.1, -0.05) is 12.8 Å². The molecular weight excluding hydrogens is 322 g/mol. The fourth-order valence-electron chi connectivity index (χ4n) is 2.78. The number of carbonyl (C=O) groups is 1. The van der Waals surface area contributed by atoms with E-state index >= 15 is 0 Å². The fraction of sp³-hybridized carbons (Fsp3) is 0.467. The molecule has 120 valence electrons. The quantitative estimate of drug-likeness (QED) is 0.895. The molecule has 0 spiro atoms. The maximum atomic E-state index is 12.4. The normalized spacial score (nSPS) is 16.3. The minimum Gasteiger partial charge on any atom is -0.459 e. The average molecular weight is 342 g/mol. The summed E-state index contributed by atoms with van der Waals surface area (Å²) in [5.74, 6) is 1.39. The van der Waals surface area contributed by atoms with Crippen LogP contribution >= 0.6 is 23.7 Å². The summed E-state index contributed by atoms with van der Waals surface area (Å²) in [6.07, 6.45) is 4.13. The van der Waals surface area contributed by atoms with Crippen LogP contribution in [0.5, 0.6) is 0 Å². The van der Waals surface area contributed by atoms with Crippen molar-refractivity contribution in [3.05, 3.63) is 29.0 Å². The molecule has 0 aliphatic heterocycles. The number of hydrogen-bond donors (Lipinski definition) is 2. The molecule has 2 heterocycles. The molecule has 0 aromatic carbocycles. The van der Waals surface area contributed by atoms with Gasteiger partial charge in [-0.3, -0.25) is 4.79 Å². The van der Waals surface area contributed by atoms with E-state index in [0.29, 0.717) is 18.0 Å². The number of nitrogens with two attached hydrogens (primary N) is 1. The molecule has 0 atom stereocenters. The summed E-state index contributed by atoms with van der Waals surface area (Å²) in [7, 11) is 0. The van der Waals surface area contributed by atoms with Crippen molar-refractivity contribution in [2.75, 3.05) is 6.54 Å². The van der Waals surface area contributed by atoms with Gasteiger partial charge in [-0.25, -0.2) is 4.98 Å². The summed E-state index contributed by atoms with van der Waals surface area (Å²) in [5.41, 5.74) is 6.03. The molecule has 3 N–H and O–H groups in total. The van der Waals surface area contributed by atoms with E-state index in [1.165, 1.54) is 11.3 Å². The van der Waals surface area contributed by atoms with E-state index in [1.54, 1.807) is 5.38 Å². The van der Waals surface area contributed by atoms with Crippen LogP contribution in [-0.4, -0.2) is 23.0 Å². The van der Waals surface area contributed by atoms with Crippen molar-refractivity contribution >= 4 is 29.7 Å². The van der Waals surface area contributed by atoms with E-state index in [0.717, 1.165) is 36.5 Å². The van der Waals surface area contributed by atoms with Crippen molar-refractivity contribution in [3.8, 4) is 10.8 Å². The van der Waals surface area contributed by atoms with Gasteiger partial charge in [0.15, 0.2) is 10.8 Å². The van der Waals surface area contributed by atoms with E-state index in [1.807, 2.05) is 19.1 Å². The summed E-state index contributed by atoms with van der Waals surface area (Å²) in [6, 6.07) is 3.76. The van der Waals surface area contributed by atoms with Crippen molar-refractivity contribution in [1.29, 1.82) is 0 Å². The lowest BCUT2D eigenvalue weighted by atomic mass is 9.98. The monoisotopic (exact) mass is 341 g/mol. The smallest absolute Gasteiger partial charge is 0.271 e. The van der Waals surface area contributed by atoms with Crippen LogP contribution < -0.4 is 11.1 Å². The first-order chi connectivity index (χ1) is 10.1. The molecular formula is C15H20ClN3O2S. The van der Waals surface area contributed by atoms with Crippen molar-refractivity contribution in [3.63, 3.8) is 0 Å². The van der Waals surface area contributed by atoms with Crippen molar-refractivity contribution in [1.82, 2.24) is 10.3 Å². The van der Waals surface area contributed by atoms with Gasteiger partial charge < -0.3 is 15.5 Å². The maximum absolute atomic E-state index is 12.4. The Morgan fingerprint density at radius 3 is 2.77 bits per heavy atom. The lowest BCUT2D eigenvalue weighted by Crippen LogP contribution is -2.51. The molecule has 0 unspecified atom stereocenters. The molecule has 1 saturated carbocycles. The number of thiazole rings is 1. The fourth-order valence-corrected chi connectivity index (χ4v) is 3.54.